The highest BCUT2D eigenvalue weighted by Crippen LogP contribution is 2.34. The van der Waals surface area contributed by atoms with Crippen LogP contribution >= 0.6 is 11.6 Å². The van der Waals surface area contributed by atoms with Gasteiger partial charge >= 0.3 is 0 Å². The van der Waals surface area contributed by atoms with E-state index >= 15 is 0 Å². The lowest BCUT2D eigenvalue weighted by Gasteiger charge is -2.24. The first-order valence-corrected chi connectivity index (χ1v) is 6.73. The number of benzene rings is 1. The van der Waals surface area contributed by atoms with Gasteiger partial charge in [0, 0.05) is 18.2 Å². The van der Waals surface area contributed by atoms with Crippen LogP contribution in [0.25, 0.3) is 0 Å². The second kappa shape index (κ2) is 6.53. The molecule has 0 radical (unpaired) electrons. The molecule has 0 amide bonds. The van der Waals surface area contributed by atoms with Crippen molar-refractivity contribution in [3.05, 3.63) is 34.9 Å². The number of aliphatic hydroxyl groups excluding tert-OH is 1. The first-order valence-electron chi connectivity index (χ1n) is 6.36. The van der Waals surface area contributed by atoms with E-state index < -0.39 is 0 Å². The molecule has 1 fully saturated rings. The first kappa shape index (κ1) is 13.8. The molecule has 0 spiro atoms. The Labute approximate surface area is 113 Å². The summed E-state index contributed by atoms with van der Waals surface area (Å²) in [4.78, 5) is 0. The maximum atomic E-state index is 9.53. The predicted molar refractivity (Wildman–Crippen MR) is 72.8 cm³/mol. The molecule has 2 atom stereocenters. The van der Waals surface area contributed by atoms with Gasteiger partial charge in [0.1, 0.15) is 0 Å². The molecule has 100 valence electrons. The molecule has 1 saturated carbocycles. The molecule has 1 aliphatic rings. The summed E-state index contributed by atoms with van der Waals surface area (Å²) in [6.07, 6.45) is 2.50. The molecule has 1 aromatic rings. The minimum atomic E-state index is -0.0528. The van der Waals surface area contributed by atoms with Gasteiger partial charge in [-0.1, -0.05) is 23.7 Å². The minimum absolute atomic E-state index is 0.0528. The molecule has 2 N–H and O–H groups in total. The van der Waals surface area contributed by atoms with Crippen molar-refractivity contribution in [2.45, 2.75) is 24.9 Å². The summed E-state index contributed by atoms with van der Waals surface area (Å²) in [5, 5.41) is 13.7. The van der Waals surface area contributed by atoms with Crippen molar-refractivity contribution < 1.29 is 9.84 Å². The van der Waals surface area contributed by atoms with Gasteiger partial charge in [0.15, 0.2) is 0 Å². The van der Waals surface area contributed by atoms with Gasteiger partial charge in [-0.05, 0) is 36.5 Å². The van der Waals surface area contributed by atoms with E-state index in [1.54, 1.807) is 7.11 Å². The van der Waals surface area contributed by atoms with E-state index in [0.717, 1.165) is 5.56 Å². The van der Waals surface area contributed by atoms with Crippen LogP contribution in [0.4, 0.5) is 0 Å². The van der Waals surface area contributed by atoms with E-state index in [-0.39, 0.29) is 12.6 Å². The first-order chi connectivity index (χ1) is 8.74. The van der Waals surface area contributed by atoms with E-state index in [1.807, 2.05) is 24.3 Å². The van der Waals surface area contributed by atoms with Crippen molar-refractivity contribution in [1.82, 2.24) is 5.32 Å². The summed E-state index contributed by atoms with van der Waals surface area (Å²) in [6.45, 7) is 0.767. The molecule has 0 bridgehead atoms. The van der Waals surface area contributed by atoms with Crippen LogP contribution in [-0.4, -0.2) is 31.5 Å². The smallest absolute Gasteiger partial charge is 0.0626 e. The van der Waals surface area contributed by atoms with Crippen molar-refractivity contribution in [3.63, 3.8) is 0 Å². The quantitative estimate of drug-likeness (QED) is 0.799. The summed E-state index contributed by atoms with van der Waals surface area (Å²) in [6, 6.07) is 7.87. The van der Waals surface area contributed by atoms with Crippen LogP contribution in [0.3, 0.4) is 0 Å². The van der Waals surface area contributed by atoms with Gasteiger partial charge in [0.2, 0.25) is 0 Å². The summed E-state index contributed by atoms with van der Waals surface area (Å²) in [5.41, 5.74) is 1.06. The topological polar surface area (TPSA) is 41.5 Å². The second-order valence-corrected chi connectivity index (χ2v) is 5.29. The average Bonchev–Trinajstić information content (AvgIpc) is 3.20. The number of aliphatic hydroxyl groups is 1. The Morgan fingerprint density at radius 3 is 2.56 bits per heavy atom. The van der Waals surface area contributed by atoms with Gasteiger partial charge in [-0.2, -0.15) is 0 Å². The highest BCUT2D eigenvalue weighted by Gasteiger charge is 2.32. The maximum Gasteiger partial charge on any atom is 0.0626 e. The number of ether oxygens (including phenoxy) is 1. The molecule has 2 unspecified atom stereocenters. The lowest BCUT2D eigenvalue weighted by Crippen LogP contribution is -2.39. The summed E-state index contributed by atoms with van der Waals surface area (Å²) < 4.78 is 5.24. The molecule has 3 nitrogen and oxygen atoms in total. The van der Waals surface area contributed by atoms with Gasteiger partial charge in [0.05, 0.1) is 19.3 Å². The molecule has 0 saturated heterocycles. The van der Waals surface area contributed by atoms with E-state index in [2.05, 4.69) is 5.32 Å². The van der Waals surface area contributed by atoms with Crippen LogP contribution in [0.5, 0.6) is 0 Å². The number of rotatable bonds is 7. The van der Waals surface area contributed by atoms with E-state index in [0.29, 0.717) is 23.6 Å². The number of hydrogen-bond donors (Lipinski definition) is 2. The molecule has 0 heterocycles. The van der Waals surface area contributed by atoms with Crippen molar-refractivity contribution in [2.75, 3.05) is 20.3 Å². The fourth-order valence-corrected chi connectivity index (χ4v) is 2.33. The number of hydrogen-bond acceptors (Lipinski definition) is 3. The van der Waals surface area contributed by atoms with Crippen LogP contribution < -0.4 is 5.32 Å². The lowest BCUT2D eigenvalue weighted by molar-refractivity contribution is 0.139. The fraction of sp³-hybridized carbons (Fsp3) is 0.571. The predicted octanol–water partition coefficient (Wildman–Crippen LogP) is 2.39. The third kappa shape index (κ3) is 3.69. The van der Waals surface area contributed by atoms with Crippen molar-refractivity contribution in [3.8, 4) is 0 Å². The van der Waals surface area contributed by atoms with Gasteiger partial charge < -0.3 is 15.2 Å². The van der Waals surface area contributed by atoms with Crippen molar-refractivity contribution in [2.24, 2.45) is 5.92 Å². The zero-order valence-corrected chi connectivity index (χ0v) is 11.4. The Morgan fingerprint density at radius 1 is 1.39 bits per heavy atom. The largest absolute Gasteiger partial charge is 0.394 e. The van der Waals surface area contributed by atoms with Crippen LogP contribution in [0.2, 0.25) is 5.02 Å². The molecule has 18 heavy (non-hydrogen) atoms. The number of halogens is 1. The van der Waals surface area contributed by atoms with Crippen LogP contribution in [0.1, 0.15) is 24.4 Å². The minimum Gasteiger partial charge on any atom is -0.394 e. The Morgan fingerprint density at radius 2 is 2.06 bits per heavy atom. The Hall–Kier alpha value is -0.610. The zero-order chi connectivity index (χ0) is 13.0. The molecular formula is C14H20ClNO2. The number of nitrogens with one attached hydrogen (secondary N) is 1. The molecule has 2 rings (SSSR count). The zero-order valence-electron chi connectivity index (χ0n) is 10.6. The summed E-state index contributed by atoms with van der Waals surface area (Å²) in [7, 11) is 1.72. The van der Waals surface area contributed by atoms with Crippen molar-refractivity contribution in [1.29, 1.82) is 0 Å². The Kier molecular flexibility index (Phi) is 5.01. The molecule has 0 aliphatic heterocycles. The highest BCUT2D eigenvalue weighted by molar-refractivity contribution is 6.30. The van der Waals surface area contributed by atoms with Crippen molar-refractivity contribution >= 4 is 11.6 Å². The molecule has 1 aromatic carbocycles. The normalized spacial score (nSPS) is 18.6. The molecule has 0 aromatic heterocycles. The van der Waals surface area contributed by atoms with Crippen LogP contribution in [-0.2, 0) is 4.74 Å². The highest BCUT2D eigenvalue weighted by atomic mass is 35.5. The second-order valence-electron chi connectivity index (χ2n) is 4.85. The van der Waals surface area contributed by atoms with Crippen LogP contribution in [0.15, 0.2) is 24.3 Å². The van der Waals surface area contributed by atoms with Crippen LogP contribution in [0, 0.1) is 5.92 Å². The summed E-state index contributed by atoms with van der Waals surface area (Å²) in [5.74, 6) is 0.686. The average molecular weight is 270 g/mol. The third-order valence-corrected chi connectivity index (χ3v) is 3.66. The van der Waals surface area contributed by atoms with Gasteiger partial charge in [-0.15, -0.1) is 0 Å². The third-order valence-electron chi connectivity index (χ3n) is 3.41. The van der Waals surface area contributed by atoms with Gasteiger partial charge in [-0.3, -0.25) is 0 Å². The molecule has 1 aliphatic carbocycles. The summed E-state index contributed by atoms with van der Waals surface area (Å²) >= 11 is 5.87. The van der Waals surface area contributed by atoms with E-state index in [9.17, 15) is 5.11 Å². The standard InChI is InChI=1S/C14H20ClNO2/c1-18-9-14(11-2-3-11)16-13(8-17)10-4-6-12(15)7-5-10/h4-7,11,13-14,16-17H,2-3,8-9H2,1H3. The Bertz CT molecular complexity index is 365. The van der Waals surface area contributed by atoms with E-state index in [4.69, 9.17) is 16.3 Å². The molecular weight excluding hydrogens is 250 g/mol. The Balaban J connectivity index is 2.00. The number of methoxy groups -OCH3 is 1. The SMILES string of the molecule is COCC(NC(CO)c1ccc(Cl)cc1)C1CC1. The van der Waals surface area contributed by atoms with Gasteiger partial charge in [-0.25, -0.2) is 0 Å². The monoisotopic (exact) mass is 269 g/mol. The fourth-order valence-electron chi connectivity index (χ4n) is 2.21. The lowest BCUT2D eigenvalue weighted by atomic mass is 10.1. The molecule has 4 heteroatoms. The maximum absolute atomic E-state index is 9.53. The van der Waals surface area contributed by atoms with E-state index in [1.165, 1.54) is 12.8 Å². The van der Waals surface area contributed by atoms with Gasteiger partial charge in [0.25, 0.3) is 0 Å².